The number of pyridine rings is 2. The van der Waals surface area contributed by atoms with E-state index in [0.717, 1.165) is 140 Å². The highest BCUT2D eigenvalue weighted by molar-refractivity contribution is 5.89. The monoisotopic (exact) mass is 978 g/mol. The zero-order valence-corrected chi connectivity index (χ0v) is 41.5. The Morgan fingerprint density at radius 1 is 0.589 bits per heavy atom. The van der Waals surface area contributed by atoms with E-state index in [1.54, 1.807) is 23.3 Å². The number of aryl methyl sites for hydroxylation is 2. The van der Waals surface area contributed by atoms with E-state index >= 15 is 0 Å². The molecular formula is C55H58N14O4. The minimum atomic E-state index is -0.977. The number of aromatic nitrogens is 12. The number of carboxylic acids is 1. The summed E-state index contributed by atoms with van der Waals surface area (Å²) in [5, 5.41) is 47.8. The number of hydrogen-bond donors (Lipinski definition) is 5. The van der Waals surface area contributed by atoms with Crippen LogP contribution in [0.5, 0.6) is 0 Å². The van der Waals surface area contributed by atoms with Crippen LogP contribution in [0.25, 0.3) is 78.1 Å². The second-order valence-corrected chi connectivity index (χ2v) is 19.1. The lowest BCUT2D eigenvalue weighted by Gasteiger charge is -2.32. The minimum absolute atomic E-state index is 0.174. The van der Waals surface area contributed by atoms with Gasteiger partial charge in [0.1, 0.15) is 6.10 Å². The zero-order chi connectivity index (χ0) is 50.8. The van der Waals surface area contributed by atoms with E-state index in [4.69, 9.17) is 20.1 Å². The number of nitrogens with one attached hydrogen (secondary N) is 3. The lowest BCUT2D eigenvalue weighted by atomic mass is 9.91. The van der Waals surface area contributed by atoms with Gasteiger partial charge in [-0.2, -0.15) is 29.4 Å². The number of aromatic amines is 2. The summed E-state index contributed by atoms with van der Waals surface area (Å²) < 4.78 is 3.64. The number of H-pyrrole nitrogens is 2. The molecule has 0 spiro atoms. The highest BCUT2D eigenvalue weighted by atomic mass is 16.4. The molecule has 18 heteroatoms. The van der Waals surface area contributed by atoms with Gasteiger partial charge < -0.3 is 20.4 Å². The summed E-state index contributed by atoms with van der Waals surface area (Å²) in [5.74, 6) is -0.592. The maximum Gasteiger partial charge on any atom is 0.305 e. The molecule has 0 radical (unpaired) electrons. The first-order valence-corrected chi connectivity index (χ1v) is 24.8. The molecular weight excluding hydrogens is 921 g/mol. The van der Waals surface area contributed by atoms with Crippen molar-refractivity contribution in [3.05, 3.63) is 132 Å². The van der Waals surface area contributed by atoms with Gasteiger partial charge in [0, 0.05) is 82.1 Å². The molecule has 0 bridgehead atoms. The average Bonchev–Trinajstić information content (AvgIpc) is 4.25. The molecule has 2 saturated heterocycles. The number of rotatable bonds is 8. The van der Waals surface area contributed by atoms with Gasteiger partial charge >= 0.3 is 5.97 Å². The fourth-order valence-electron chi connectivity index (χ4n) is 9.70. The summed E-state index contributed by atoms with van der Waals surface area (Å²) in [6.07, 6.45) is 10.2. The summed E-state index contributed by atoms with van der Waals surface area (Å²) in [4.78, 5) is 43.4. The summed E-state index contributed by atoms with van der Waals surface area (Å²) in [6.45, 7) is 12.1. The molecule has 2 aliphatic heterocycles. The Balaban J connectivity index is 0.000000152. The molecule has 18 nitrogen and oxygen atoms in total. The number of likely N-dealkylation sites (tertiary alicyclic amines) is 1. The maximum absolute atomic E-state index is 12.3. The number of carboxylic acid groups (broad SMARTS) is 1. The van der Waals surface area contributed by atoms with Gasteiger partial charge in [-0.25, -0.2) is 9.97 Å². The van der Waals surface area contributed by atoms with Gasteiger partial charge in [0.15, 0.2) is 22.6 Å². The van der Waals surface area contributed by atoms with Crippen molar-refractivity contribution in [3.63, 3.8) is 0 Å². The van der Waals surface area contributed by atoms with Crippen LogP contribution in [-0.2, 0) is 9.59 Å². The van der Waals surface area contributed by atoms with E-state index in [2.05, 4.69) is 72.1 Å². The SMILES string of the molecule is CC(C)C(=O)O.Cc1[nH]nc2c1c(C1CCN(C(=O)[C@@H](C)O)CC1)nc1c(-c3ccc(-c4ccccc4)nc3)cnn12.Cc1[nH]nc2c1c(C1CCNCC1)nc1c(-c3ccc(-c4ccccc4)nc3)cnn12. The van der Waals surface area contributed by atoms with E-state index in [0.29, 0.717) is 19.0 Å². The highest BCUT2D eigenvalue weighted by Gasteiger charge is 2.30. The zero-order valence-electron chi connectivity index (χ0n) is 41.5. The van der Waals surface area contributed by atoms with Crippen LogP contribution in [0, 0.1) is 19.8 Å². The van der Waals surface area contributed by atoms with Crippen molar-refractivity contribution < 1.29 is 19.8 Å². The number of carbonyl (C=O) groups is 2. The highest BCUT2D eigenvalue weighted by Crippen LogP contribution is 2.37. The van der Waals surface area contributed by atoms with Crippen molar-refractivity contribution in [3.8, 4) is 44.8 Å². The third-order valence-corrected chi connectivity index (χ3v) is 13.8. The standard InChI is InChI=1S/C27H27N7O2.C24H23N7.C4H8O2/c1-16-23-24(19-10-12-33(13-11-19)27(36)17(2)35)30-25-21(15-29-34(25)26(23)32-31-16)20-8-9-22(28-14-20)18-6-4-3-5-7-18;1-15-21-22(17-9-11-25-12-10-17)28-23-19(14-27-31(23)24(21)30-29-15)18-7-8-20(26-13-18)16-5-3-2-4-6-16;1-3(2)4(5)6/h3-9,14-15,17,19,35H,10-13H2,1-2H3,(H,31,32);2-8,13-14,17,25H,9-12H2,1H3,(H,29,30);3H,1-2H3,(H,5,6)/t17-;;/m1../s1. The van der Waals surface area contributed by atoms with Crippen LogP contribution >= 0.6 is 0 Å². The predicted molar refractivity (Wildman–Crippen MR) is 280 cm³/mol. The van der Waals surface area contributed by atoms with Gasteiger partial charge in [-0.05, 0) is 71.7 Å². The van der Waals surface area contributed by atoms with Crippen molar-refractivity contribution in [1.82, 2.24) is 69.8 Å². The van der Waals surface area contributed by atoms with Crippen molar-refractivity contribution in [2.24, 2.45) is 5.92 Å². The second-order valence-electron chi connectivity index (χ2n) is 19.1. The number of aliphatic carboxylic acids is 1. The molecule has 0 aliphatic carbocycles. The quantitative estimate of drug-likeness (QED) is 0.0961. The number of carbonyl (C=O) groups excluding carboxylic acids is 1. The van der Waals surface area contributed by atoms with E-state index in [1.165, 1.54) is 6.92 Å². The van der Waals surface area contributed by atoms with Crippen LogP contribution in [0.15, 0.2) is 110 Å². The van der Waals surface area contributed by atoms with E-state index in [-0.39, 0.29) is 17.7 Å². The van der Waals surface area contributed by atoms with Crippen LogP contribution in [0.1, 0.15) is 81.1 Å². The molecule has 2 aromatic carbocycles. The molecule has 0 unspecified atom stereocenters. The predicted octanol–water partition coefficient (Wildman–Crippen LogP) is 8.57. The molecule has 2 aliphatic rings. The maximum atomic E-state index is 12.3. The Labute approximate surface area is 421 Å². The van der Waals surface area contributed by atoms with Crippen LogP contribution in [0.3, 0.4) is 0 Å². The Hall–Kier alpha value is -8.22. The van der Waals surface area contributed by atoms with Crippen molar-refractivity contribution in [2.45, 2.75) is 78.2 Å². The number of aliphatic hydroxyl groups is 1. The smallest absolute Gasteiger partial charge is 0.305 e. The topological polar surface area (TPSA) is 233 Å². The van der Waals surface area contributed by atoms with Gasteiger partial charge in [0.25, 0.3) is 5.91 Å². The molecule has 372 valence electrons. The van der Waals surface area contributed by atoms with Crippen molar-refractivity contribution >= 4 is 45.2 Å². The Bertz CT molecular complexity index is 3530. The summed E-state index contributed by atoms with van der Waals surface area (Å²) in [5.41, 5.74) is 15.1. The van der Waals surface area contributed by atoms with Gasteiger partial charge in [0.05, 0.1) is 51.9 Å². The van der Waals surface area contributed by atoms with Crippen LogP contribution in [0.2, 0.25) is 0 Å². The number of fused-ring (bicyclic) bond motifs is 6. The van der Waals surface area contributed by atoms with Gasteiger partial charge in [-0.3, -0.25) is 29.8 Å². The molecule has 5 N–H and O–H groups in total. The molecule has 10 heterocycles. The normalized spacial score (nSPS) is 14.9. The van der Waals surface area contributed by atoms with Gasteiger partial charge in [-0.15, -0.1) is 0 Å². The second kappa shape index (κ2) is 20.9. The Morgan fingerprint density at radius 2 is 1.03 bits per heavy atom. The van der Waals surface area contributed by atoms with Crippen LogP contribution < -0.4 is 5.32 Å². The minimum Gasteiger partial charge on any atom is -0.481 e. The largest absolute Gasteiger partial charge is 0.481 e. The van der Waals surface area contributed by atoms with E-state index < -0.39 is 12.1 Å². The van der Waals surface area contributed by atoms with Crippen LogP contribution in [0.4, 0.5) is 0 Å². The summed E-state index contributed by atoms with van der Waals surface area (Å²) in [6, 6.07) is 28.5. The lowest BCUT2D eigenvalue weighted by molar-refractivity contribution is -0.141. The number of hydrogen-bond acceptors (Lipinski definition) is 12. The number of benzene rings is 2. The molecule has 12 rings (SSSR count). The molecule has 1 amide bonds. The van der Waals surface area contributed by atoms with Gasteiger partial charge in [0.2, 0.25) is 0 Å². The first kappa shape index (κ1) is 48.4. The van der Waals surface area contributed by atoms with Gasteiger partial charge in [-0.1, -0.05) is 86.6 Å². The molecule has 2 fully saturated rings. The van der Waals surface area contributed by atoms with Crippen molar-refractivity contribution in [2.75, 3.05) is 26.2 Å². The van der Waals surface area contributed by atoms with E-state index in [1.807, 2.05) is 96.9 Å². The molecule has 8 aromatic heterocycles. The summed E-state index contributed by atoms with van der Waals surface area (Å²) >= 11 is 0. The number of piperidine rings is 2. The summed E-state index contributed by atoms with van der Waals surface area (Å²) in [7, 11) is 0. The third kappa shape index (κ3) is 9.78. The first-order chi connectivity index (χ1) is 35.4. The van der Waals surface area contributed by atoms with Crippen LogP contribution in [-0.4, -0.2) is 119 Å². The Kier molecular flexibility index (Phi) is 13.8. The molecule has 1 atom stereocenters. The molecule has 10 aromatic rings. The lowest BCUT2D eigenvalue weighted by Crippen LogP contribution is -2.42. The number of nitrogens with zero attached hydrogens (tertiary/aromatic N) is 11. The molecule has 73 heavy (non-hydrogen) atoms. The Morgan fingerprint density at radius 3 is 1.42 bits per heavy atom. The number of aliphatic hydroxyl groups excluding tert-OH is 1. The fraction of sp³-hybridized carbons (Fsp3) is 0.309. The third-order valence-electron chi connectivity index (χ3n) is 13.8. The number of amides is 1. The average molecular weight is 979 g/mol. The fourth-order valence-corrected chi connectivity index (χ4v) is 9.70. The first-order valence-electron chi connectivity index (χ1n) is 24.8. The van der Waals surface area contributed by atoms with Crippen molar-refractivity contribution in [1.29, 1.82) is 0 Å². The molecule has 0 saturated carbocycles. The van der Waals surface area contributed by atoms with E-state index in [9.17, 15) is 14.7 Å².